The lowest BCUT2D eigenvalue weighted by atomic mass is 9.74. The van der Waals surface area contributed by atoms with E-state index in [-0.39, 0.29) is 43.7 Å². The Morgan fingerprint density at radius 3 is 2.37 bits per heavy atom. The highest BCUT2D eigenvalue weighted by molar-refractivity contribution is 5.89. The lowest BCUT2D eigenvalue weighted by Gasteiger charge is -2.58. The van der Waals surface area contributed by atoms with Gasteiger partial charge in [0.15, 0.2) is 0 Å². The van der Waals surface area contributed by atoms with Crippen molar-refractivity contribution in [2.45, 2.75) is 37.1 Å². The van der Waals surface area contributed by atoms with Crippen LogP contribution in [0.5, 0.6) is 0 Å². The van der Waals surface area contributed by atoms with E-state index < -0.39 is 12.2 Å². The number of benzene rings is 2. The molecule has 0 saturated carbocycles. The second kappa shape index (κ2) is 11.3. The number of aryl methyl sites for hydroxylation is 1. The monoisotopic (exact) mass is 512 g/mol. The fraction of sp³-hybridized carbons (Fsp3) is 0.333. The Morgan fingerprint density at radius 1 is 0.974 bits per heavy atom. The molecule has 0 radical (unpaired) electrons. The van der Waals surface area contributed by atoms with E-state index in [1.165, 1.54) is 0 Å². The summed E-state index contributed by atoms with van der Waals surface area (Å²) in [6, 6.07) is 18.5. The molecule has 8 nitrogen and oxygen atoms in total. The van der Waals surface area contributed by atoms with Crippen LogP contribution < -0.4 is 5.32 Å². The van der Waals surface area contributed by atoms with Crippen LogP contribution in [0, 0.1) is 18.8 Å². The van der Waals surface area contributed by atoms with Gasteiger partial charge in [-0.25, -0.2) is 4.79 Å². The molecule has 3 heterocycles. The SMILES string of the molecule is Cc1ccc(NC(=O)N2C[C@H](O)[C@H](O)CN3[C@H](CO)[C@H](c4ccc(C#Cc5cccnc5)cc4)[C@@H]3C2)cc1. The molecule has 0 aliphatic carbocycles. The van der Waals surface area contributed by atoms with Crippen LogP contribution in [-0.4, -0.2) is 86.7 Å². The number of amides is 2. The Balaban J connectivity index is 1.35. The van der Waals surface area contributed by atoms with Gasteiger partial charge in [0.05, 0.1) is 25.4 Å². The number of hydrogen-bond acceptors (Lipinski definition) is 6. The zero-order valence-corrected chi connectivity index (χ0v) is 21.2. The molecule has 2 amide bonds. The average molecular weight is 513 g/mol. The summed E-state index contributed by atoms with van der Waals surface area (Å²) < 4.78 is 0. The van der Waals surface area contributed by atoms with Crippen LogP contribution in [0.15, 0.2) is 73.1 Å². The van der Waals surface area contributed by atoms with E-state index in [9.17, 15) is 20.1 Å². The molecule has 8 heteroatoms. The van der Waals surface area contributed by atoms with Gasteiger partial charge in [0, 0.05) is 60.3 Å². The van der Waals surface area contributed by atoms with Crippen molar-refractivity contribution in [1.82, 2.24) is 14.8 Å². The predicted octanol–water partition coefficient (Wildman–Crippen LogP) is 2.19. The lowest BCUT2D eigenvalue weighted by Crippen LogP contribution is -2.71. The second-order valence-electron chi connectivity index (χ2n) is 9.99. The summed E-state index contributed by atoms with van der Waals surface area (Å²) in [5.74, 6) is 6.21. The highest BCUT2D eigenvalue weighted by atomic mass is 16.3. The smallest absolute Gasteiger partial charge is 0.321 e. The van der Waals surface area contributed by atoms with Gasteiger partial charge < -0.3 is 25.5 Å². The third kappa shape index (κ3) is 5.57. The first kappa shape index (κ1) is 25.9. The topological polar surface area (TPSA) is 109 Å². The third-order valence-corrected chi connectivity index (χ3v) is 7.42. The van der Waals surface area contributed by atoms with Crippen LogP contribution in [0.25, 0.3) is 0 Å². The molecule has 2 fully saturated rings. The molecule has 2 saturated heterocycles. The highest BCUT2D eigenvalue weighted by Gasteiger charge is 2.51. The number of carbonyl (C=O) groups is 1. The first-order valence-corrected chi connectivity index (χ1v) is 12.8. The molecule has 38 heavy (non-hydrogen) atoms. The maximum Gasteiger partial charge on any atom is 0.321 e. The van der Waals surface area contributed by atoms with Gasteiger partial charge in [-0.05, 0) is 48.9 Å². The number of fused-ring (bicyclic) bond motifs is 1. The van der Waals surface area contributed by atoms with Gasteiger partial charge in [0.25, 0.3) is 0 Å². The minimum absolute atomic E-state index is 0.0165. The van der Waals surface area contributed by atoms with Crippen LogP contribution in [-0.2, 0) is 0 Å². The maximum absolute atomic E-state index is 13.2. The van der Waals surface area contributed by atoms with E-state index >= 15 is 0 Å². The number of aliphatic hydroxyl groups is 3. The summed E-state index contributed by atoms with van der Waals surface area (Å²) >= 11 is 0. The third-order valence-electron chi connectivity index (χ3n) is 7.42. The Morgan fingerprint density at radius 2 is 1.68 bits per heavy atom. The Bertz CT molecular complexity index is 1300. The normalized spacial score (nSPS) is 25.2. The molecule has 2 aromatic carbocycles. The zero-order valence-electron chi connectivity index (χ0n) is 21.2. The predicted molar refractivity (Wildman–Crippen MR) is 145 cm³/mol. The number of anilines is 1. The molecule has 3 aromatic rings. The van der Waals surface area contributed by atoms with Crippen molar-refractivity contribution in [2.24, 2.45) is 0 Å². The van der Waals surface area contributed by atoms with Crippen molar-refractivity contribution in [1.29, 1.82) is 0 Å². The van der Waals surface area contributed by atoms with Gasteiger partial charge in [-0.1, -0.05) is 41.7 Å². The van der Waals surface area contributed by atoms with Crippen molar-refractivity contribution in [2.75, 3.05) is 31.6 Å². The van der Waals surface area contributed by atoms with Crippen LogP contribution >= 0.6 is 0 Å². The quantitative estimate of drug-likeness (QED) is 0.401. The summed E-state index contributed by atoms with van der Waals surface area (Å²) in [6.45, 7) is 2.48. The van der Waals surface area contributed by atoms with Crippen molar-refractivity contribution < 1.29 is 20.1 Å². The number of nitrogens with zero attached hydrogens (tertiary/aromatic N) is 3. The largest absolute Gasteiger partial charge is 0.395 e. The molecule has 0 bridgehead atoms. The molecule has 0 spiro atoms. The minimum atomic E-state index is -1.09. The van der Waals surface area contributed by atoms with Gasteiger partial charge in [-0.15, -0.1) is 0 Å². The van der Waals surface area contributed by atoms with Crippen LogP contribution in [0.4, 0.5) is 10.5 Å². The summed E-state index contributed by atoms with van der Waals surface area (Å²) in [5, 5.41) is 34.3. The Kier molecular flexibility index (Phi) is 7.72. The van der Waals surface area contributed by atoms with Crippen molar-refractivity contribution in [3.63, 3.8) is 0 Å². The lowest BCUT2D eigenvalue weighted by molar-refractivity contribution is -0.112. The van der Waals surface area contributed by atoms with E-state index in [0.717, 1.165) is 22.3 Å². The average Bonchev–Trinajstić information content (AvgIpc) is 2.93. The van der Waals surface area contributed by atoms with Gasteiger partial charge >= 0.3 is 6.03 Å². The van der Waals surface area contributed by atoms with Gasteiger partial charge in [0.2, 0.25) is 0 Å². The number of aromatic nitrogens is 1. The van der Waals surface area contributed by atoms with E-state index in [1.54, 1.807) is 17.3 Å². The first-order chi connectivity index (χ1) is 18.4. The van der Waals surface area contributed by atoms with E-state index in [1.807, 2.05) is 72.5 Å². The van der Waals surface area contributed by atoms with Crippen LogP contribution in [0.3, 0.4) is 0 Å². The molecular weight excluding hydrogens is 480 g/mol. The Hall–Kier alpha value is -3.74. The summed E-state index contributed by atoms with van der Waals surface area (Å²) in [7, 11) is 0. The number of urea groups is 1. The number of hydrogen-bond donors (Lipinski definition) is 4. The summed E-state index contributed by atoms with van der Waals surface area (Å²) in [5.41, 5.74) is 4.49. The molecular formula is C30H32N4O4. The molecule has 1 aromatic heterocycles. The number of β-amino-alcohol motifs (C(OH)–C–C–N with tert-alkyl or cyclic N) is 1. The van der Waals surface area contributed by atoms with Crippen LogP contribution in [0.2, 0.25) is 0 Å². The molecule has 4 N–H and O–H groups in total. The van der Waals surface area contributed by atoms with Crippen LogP contribution in [0.1, 0.15) is 28.2 Å². The van der Waals surface area contributed by atoms with Crippen molar-refractivity contribution >= 4 is 11.7 Å². The Labute approximate surface area is 222 Å². The zero-order chi connectivity index (χ0) is 26.6. The number of rotatable bonds is 3. The summed E-state index contributed by atoms with van der Waals surface area (Å²) in [4.78, 5) is 20.8. The van der Waals surface area contributed by atoms with E-state index in [0.29, 0.717) is 12.2 Å². The van der Waals surface area contributed by atoms with Gasteiger partial charge in [-0.2, -0.15) is 0 Å². The molecule has 5 rings (SSSR count). The van der Waals surface area contributed by atoms with E-state index in [4.69, 9.17) is 0 Å². The van der Waals surface area contributed by atoms with Crippen molar-refractivity contribution in [3.05, 3.63) is 95.3 Å². The minimum Gasteiger partial charge on any atom is -0.395 e. The van der Waals surface area contributed by atoms with Gasteiger partial charge in [-0.3, -0.25) is 9.88 Å². The second-order valence-corrected chi connectivity index (χ2v) is 9.99. The fourth-order valence-corrected chi connectivity index (χ4v) is 5.33. The van der Waals surface area contributed by atoms with Gasteiger partial charge in [0.1, 0.15) is 0 Å². The van der Waals surface area contributed by atoms with Crippen molar-refractivity contribution in [3.8, 4) is 11.8 Å². The molecule has 2 aliphatic heterocycles. The number of aliphatic hydroxyl groups excluding tert-OH is 3. The number of nitrogens with one attached hydrogen (secondary N) is 1. The molecule has 0 unspecified atom stereocenters. The van der Waals surface area contributed by atoms with E-state index in [2.05, 4.69) is 22.1 Å². The standard InChI is InChI=1S/C30H32N4O4/c1-20-4-12-24(13-5-20)32-30(38)33-16-25-29(26(19-35)34(25)18-28(37)27(36)17-33)23-10-8-21(9-11-23)6-7-22-3-2-14-31-15-22/h2-5,8-15,25-29,35-37H,16-19H2,1H3,(H,32,38)/t25-,26+,27-,28+,29+/m0/s1. The molecule has 2 aliphatic rings. The molecule has 196 valence electrons. The number of carbonyl (C=O) groups excluding carboxylic acids is 1. The number of pyridine rings is 1. The molecule has 5 atom stereocenters. The fourth-order valence-electron chi connectivity index (χ4n) is 5.33. The highest BCUT2D eigenvalue weighted by Crippen LogP contribution is 2.42. The maximum atomic E-state index is 13.2. The summed E-state index contributed by atoms with van der Waals surface area (Å²) in [6.07, 6.45) is 1.31. The first-order valence-electron chi connectivity index (χ1n) is 12.8.